The molecule has 2 rings (SSSR count). The summed E-state index contributed by atoms with van der Waals surface area (Å²) in [6.45, 7) is 6.49. The van der Waals surface area contributed by atoms with E-state index in [0.717, 1.165) is 52.0 Å². The van der Waals surface area contributed by atoms with Crippen molar-refractivity contribution in [2.45, 2.75) is 31.7 Å². The molecule has 1 N–H and O–H groups in total. The molecule has 0 bridgehead atoms. The van der Waals surface area contributed by atoms with Crippen LogP contribution in [0.2, 0.25) is 0 Å². The Bertz CT molecular complexity index is 333. The van der Waals surface area contributed by atoms with Crippen molar-refractivity contribution in [1.82, 2.24) is 10.2 Å². The van der Waals surface area contributed by atoms with E-state index in [1.807, 2.05) is 0 Å². The number of esters is 1. The molecular formula is C15H28N2O3. The van der Waals surface area contributed by atoms with Crippen molar-refractivity contribution in [2.24, 2.45) is 11.8 Å². The fourth-order valence-corrected chi connectivity index (χ4v) is 3.49. The fraction of sp³-hybridized carbons (Fsp3) is 0.933. The minimum atomic E-state index is -0.508. The molecule has 1 saturated heterocycles. The first-order valence-corrected chi connectivity index (χ1v) is 7.71. The highest BCUT2D eigenvalue weighted by Crippen LogP contribution is 2.41. The van der Waals surface area contributed by atoms with Crippen LogP contribution in [0.15, 0.2) is 0 Å². The van der Waals surface area contributed by atoms with Gasteiger partial charge in [-0.05, 0) is 44.2 Å². The molecular weight excluding hydrogens is 256 g/mol. The molecule has 2 atom stereocenters. The fourth-order valence-electron chi connectivity index (χ4n) is 3.49. The van der Waals surface area contributed by atoms with Crippen LogP contribution in [0.5, 0.6) is 0 Å². The maximum atomic E-state index is 12.4. The molecule has 5 nitrogen and oxygen atoms in total. The summed E-state index contributed by atoms with van der Waals surface area (Å²) in [6, 6.07) is 0. The quantitative estimate of drug-likeness (QED) is 0.671. The predicted octanol–water partition coefficient (Wildman–Crippen LogP) is 0.886. The Hall–Kier alpha value is -0.650. The van der Waals surface area contributed by atoms with Crippen molar-refractivity contribution in [2.75, 3.05) is 47.0 Å². The van der Waals surface area contributed by atoms with Crippen LogP contribution in [0, 0.1) is 11.8 Å². The van der Waals surface area contributed by atoms with E-state index >= 15 is 0 Å². The third kappa shape index (κ3) is 3.32. The van der Waals surface area contributed by atoms with Crippen LogP contribution >= 0.6 is 0 Å². The number of rotatable bonds is 8. The first-order valence-electron chi connectivity index (χ1n) is 7.71. The number of nitrogens with one attached hydrogen (secondary N) is 1. The summed E-state index contributed by atoms with van der Waals surface area (Å²) >= 11 is 0. The van der Waals surface area contributed by atoms with E-state index in [1.54, 1.807) is 7.11 Å². The van der Waals surface area contributed by atoms with E-state index in [4.69, 9.17) is 9.47 Å². The molecule has 5 heteroatoms. The van der Waals surface area contributed by atoms with Crippen molar-refractivity contribution in [3.63, 3.8) is 0 Å². The molecule has 0 spiro atoms. The Labute approximate surface area is 122 Å². The highest BCUT2D eigenvalue weighted by atomic mass is 16.5. The third-order valence-corrected chi connectivity index (χ3v) is 4.56. The van der Waals surface area contributed by atoms with Crippen molar-refractivity contribution >= 4 is 5.97 Å². The zero-order chi connectivity index (χ0) is 14.6. The van der Waals surface area contributed by atoms with Gasteiger partial charge in [0.2, 0.25) is 0 Å². The van der Waals surface area contributed by atoms with E-state index in [1.165, 1.54) is 7.11 Å². The van der Waals surface area contributed by atoms with E-state index in [2.05, 4.69) is 17.1 Å². The van der Waals surface area contributed by atoms with E-state index < -0.39 is 5.54 Å². The van der Waals surface area contributed by atoms with Gasteiger partial charge in [0, 0.05) is 20.2 Å². The number of methoxy groups -OCH3 is 2. The number of carbonyl (C=O) groups excluding carboxylic acids is 1. The maximum Gasteiger partial charge on any atom is 0.327 e. The van der Waals surface area contributed by atoms with Gasteiger partial charge in [0.25, 0.3) is 0 Å². The molecule has 0 aromatic carbocycles. The van der Waals surface area contributed by atoms with Crippen LogP contribution in [0.25, 0.3) is 0 Å². The zero-order valence-electron chi connectivity index (χ0n) is 13.0. The number of hydrogen-bond acceptors (Lipinski definition) is 5. The molecule has 2 fully saturated rings. The molecule has 0 amide bonds. The normalized spacial score (nSPS) is 26.4. The second-order valence-corrected chi connectivity index (χ2v) is 6.11. The first-order chi connectivity index (χ1) is 9.66. The standard InChI is InChI=1S/C15H28N2O3/c1-4-16-15(13-5-6-13,14(18)20-3)11-17-8-7-12(9-17)10-19-2/h12-13,16H,4-11H2,1-3H3. The lowest BCUT2D eigenvalue weighted by atomic mass is 9.92. The minimum absolute atomic E-state index is 0.1000. The highest BCUT2D eigenvalue weighted by Gasteiger charge is 2.52. The summed E-state index contributed by atoms with van der Waals surface area (Å²) < 4.78 is 10.3. The van der Waals surface area contributed by atoms with Crippen LogP contribution < -0.4 is 5.32 Å². The van der Waals surface area contributed by atoms with Crippen LogP contribution in [0.4, 0.5) is 0 Å². The lowest BCUT2D eigenvalue weighted by Gasteiger charge is -2.35. The summed E-state index contributed by atoms with van der Waals surface area (Å²) in [5.41, 5.74) is -0.508. The largest absolute Gasteiger partial charge is 0.468 e. The average Bonchev–Trinajstić information content (AvgIpc) is 3.21. The number of hydrogen-bond donors (Lipinski definition) is 1. The Morgan fingerprint density at radius 2 is 2.10 bits per heavy atom. The second-order valence-electron chi connectivity index (χ2n) is 6.11. The van der Waals surface area contributed by atoms with Gasteiger partial charge in [0.1, 0.15) is 5.54 Å². The van der Waals surface area contributed by atoms with Gasteiger partial charge < -0.3 is 19.7 Å². The van der Waals surface area contributed by atoms with Gasteiger partial charge >= 0.3 is 5.97 Å². The van der Waals surface area contributed by atoms with Crippen molar-refractivity contribution in [3.8, 4) is 0 Å². The molecule has 0 aromatic rings. The van der Waals surface area contributed by atoms with Crippen molar-refractivity contribution in [3.05, 3.63) is 0 Å². The highest BCUT2D eigenvalue weighted by molar-refractivity contribution is 5.82. The number of likely N-dealkylation sites (N-methyl/N-ethyl adjacent to an activating group) is 1. The van der Waals surface area contributed by atoms with Crippen molar-refractivity contribution < 1.29 is 14.3 Å². The van der Waals surface area contributed by atoms with E-state index in [-0.39, 0.29) is 5.97 Å². The molecule has 1 aliphatic carbocycles. The summed E-state index contributed by atoms with van der Waals surface area (Å²) in [7, 11) is 3.25. The number of carbonyl (C=O) groups is 1. The van der Waals surface area contributed by atoms with Gasteiger partial charge in [-0.3, -0.25) is 0 Å². The molecule has 1 heterocycles. The topological polar surface area (TPSA) is 50.8 Å². The van der Waals surface area contributed by atoms with Crippen LogP contribution in [0.1, 0.15) is 26.2 Å². The molecule has 0 radical (unpaired) electrons. The van der Waals surface area contributed by atoms with Gasteiger partial charge in [-0.1, -0.05) is 6.92 Å². The molecule has 2 aliphatic rings. The van der Waals surface area contributed by atoms with Gasteiger partial charge in [0.05, 0.1) is 13.7 Å². The Balaban J connectivity index is 2.02. The lowest BCUT2D eigenvalue weighted by Crippen LogP contribution is -2.61. The Kier molecular flexibility index (Phi) is 5.41. The summed E-state index contributed by atoms with van der Waals surface area (Å²) in [4.78, 5) is 14.8. The van der Waals surface area contributed by atoms with Gasteiger partial charge in [-0.2, -0.15) is 0 Å². The molecule has 20 heavy (non-hydrogen) atoms. The Morgan fingerprint density at radius 3 is 2.65 bits per heavy atom. The number of nitrogens with zero attached hydrogens (tertiary/aromatic N) is 1. The molecule has 1 aliphatic heterocycles. The number of likely N-dealkylation sites (tertiary alicyclic amines) is 1. The predicted molar refractivity (Wildman–Crippen MR) is 77.6 cm³/mol. The average molecular weight is 284 g/mol. The second kappa shape index (κ2) is 6.87. The maximum absolute atomic E-state index is 12.4. The van der Waals surface area contributed by atoms with Gasteiger partial charge in [-0.15, -0.1) is 0 Å². The minimum Gasteiger partial charge on any atom is -0.468 e. The van der Waals surface area contributed by atoms with Gasteiger partial charge in [0.15, 0.2) is 0 Å². The zero-order valence-corrected chi connectivity index (χ0v) is 13.0. The monoisotopic (exact) mass is 284 g/mol. The van der Waals surface area contributed by atoms with E-state index in [0.29, 0.717) is 11.8 Å². The first kappa shape index (κ1) is 15.7. The third-order valence-electron chi connectivity index (χ3n) is 4.56. The van der Waals surface area contributed by atoms with Crippen molar-refractivity contribution in [1.29, 1.82) is 0 Å². The smallest absolute Gasteiger partial charge is 0.327 e. The summed E-state index contributed by atoms with van der Waals surface area (Å²) in [5, 5.41) is 3.44. The van der Waals surface area contributed by atoms with Gasteiger partial charge in [-0.25, -0.2) is 4.79 Å². The molecule has 2 unspecified atom stereocenters. The summed E-state index contributed by atoms with van der Waals surface area (Å²) in [5.74, 6) is 0.921. The van der Waals surface area contributed by atoms with Crippen LogP contribution in [-0.2, 0) is 14.3 Å². The van der Waals surface area contributed by atoms with Crippen LogP contribution in [0.3, 0.4) is 0 Å². The lowest BCUT2D eigenvalue weighted by molar-refractivity contribution is -0.150. The van der Waals surface area contributed by atoms with E-state index in [9.17, 15) is 4.79 Å². The van der Waals surface area contributed by atoms with Crippen LogP contribution in [-0.4, -0.2) is 63.4 Å². The Morgan fingerprint density at radius 1 is 1.35 bits per heavy atom. The molecule has 0 aromatic heterocycles. The SMILES string of the molecule is CCNC(CN1CCC(COC)C1)(C(=O)OC)C1CC1. The number of ether oxygens (including phenoxy) is 2. The summed E-state index contributed by atoms with van der Waals surface area (Å²) in [6.07, 6.45) is 3.40. The molecule has 1 saturated carbocycles. The molecule has 116 valence electrons.